The van der Waals surface area contributed by atoms with E-state index in [2.05, 4.69) is 5.32 Å². The van der Waals surface area contributed by atoms with Crippen LogP contribution in [0.4, 0.5) is 0 Å². The number of benzene rings is 3. The maximum Gasteiger partial charge on any atom is 0.129 e. The van der Waals surface area contributed by atoms with E-state index in [1.807, 2.05) is 86.6 Å². The maximum absolute atomic E-state index is 6.09. The summed E-state index contributed by atoms with van der Waals surface area (Å²) in [5, 5.41) is 5.04. The van der Waals surface area contributed by atoms with Gasteiger partial charge in [0.15, 0.2) is 0 Å². The molecule has 0 saturated carbocycles. The fourth-order valence-electron chi connectivity index (χ4n) is 3.49. The van der Waals surface area contributed by atoms with Crippen molar-refractivity contribution < 1.29 is 4.74 Å². The lowest BCUT2D eigenvalue weighted by atomic mass is 9.95. The van der Waals surface area contributed by atoms with Crippen molar-refractivity contribution in [3.8, 4) is 5.75 Å². The van der Waals surface area contributed by atoms with Crippen LogP contribution >= 0.6 is 35.6 Å². The van der Waals surface area contributed by atoms with E-state index in [9.17, 15) is 0 Å². The Balaban J connectivity index is 0.00000256. The third-order valence-electron chi connectivity index (χ3n) is 4.80. The molecule has 3 aromatic rings. The summed E-state index contributed by atoms with van der Waals surface area (Å²) in [7, 11) is 0. The minimum absolute atomic E-state index is 0. The van der Waals surface area contributed by atoms with Crippen molar-refractivity contribution in [2.24, 2.45) is 4.99 Å². The number of nitrogens with zero attached hydrogens (tertiary/aromatic N) is 1. The fourth-order valence-corrected chi connectivity index (χ4v) is 3.74. The van der Waals surface area contributed by atoms with E-state index in [0.717, 1.165) is 33.3 Å². The van der Waals surface area contributed by atoms with Crippen molar-refractivity contribution in [1.29, 1.82) is 0 Å². The van der Waals surface area contributed by atoms with Gasteiger partial charge in [0.25, 0.3) is 0 Å². The number of rotatable bonds is 5. The predicted molar refractivity (Wildman–Crippen MR) is 128 cm³/mol. The third kappa shape index (κ3) is 5.10. The fraction of sp³-hybridized carbons (Fsp3) is 0.208. The molecule has 3 aromatic carbocycles. The van der Waals surface area contributed by atoms with Crippen LogP contribution in [0.1, 0.15) is 42.6 Å². The lowest BCUT2D eigenvalue weighted by molar-refractivity contribution is 0.242. The zero-order valence-electron chi connectivity index (χ0n) is 16.7. The SMILES string of the molecule is CC(C)Oc1cccc(C2=NC(c3ccc(Cl)cc3)C(c3ccc(Cl)cc3)N2)c1.Cl. The van der Waals surface area contributed by atoms with Crippen LogP contribution in [-0.2, 0) is 0 Å². The van der Waals surface area contributed by atoms with Gasteiger partial charge in [0, 0.05) is 15.6 Å². The Bertz CT molecular complexity index is 1020. The molecule has 2 unspecified atom stereocenters. The van der Waals surface area contributed by atoms with Gasteiger partial charge in [-0.15, -0.1) is 12.4 Å². The maximum atomic E-state index is 6.09. The number of ether oxygens (including phenoxy) is 1. The lowest BCUT2D eigenvalue weighted by Gasteiger charge is -2.20. The first-order chi connectivity index (χ1) is 14.0. The summed E-state index contributed by atoms with van der Waals surface area (Å²) >= 11 is 12.2. The van der Waals surface area contributed by atoms with Gasteiger partial charge >= 0.3 is 0 Å². The summed E-state index contributed by atoms with van der Waals surface area (Å²) in [4.78, 5) is 5.03. The topological polar surface area (TPSA) is 33.6 Å². The Morgan fingerprint density at radius 3 is 2.07 bits per heavy atom. The van der Waals surface area contributed by atoms with E-state index in [-0.39, 0.29) is 30.6 Å². The zero-order chi connectivity index (χ0) is 20.4. The molecule has 0 saturated heterocycles. The first kappa shape index (κ1) is 22.5. The summed E-state index contributed by atoms with van der Waals surface area (Å²) in [6.45, 7) is 4.04. The lowest BCUT2D eigenvalue weighted by Crippen LogP contribution is -2.25. The molecule has 0 spiro atoms. The molecular weight excluding hydrogens is 439 g/mol. The van der Waals surface area contributed by atoms with E-state index in [0.29, 0.717) is 5.02 Å². The predicted octanol–water partition coefficient (Wildman–Crippen LogP) is 7.03. The van der Waals surface area contributed by atoms with Gasteiger partial charge in [-0.05, 0) is 61.4 Å². The Kier molecular flexibility index (Phi) is 7.30. The highest BCUT2D eigenvalue weighted by atomic mass is 35.5. The quantitative estimate of drug-likeness (QED) is 0.442. The van der Waals surface area contributed by atoms with E-state index >= 15 is 0 Å². The highest BCUT2D eigenvalue weighted by Gasteiger charge is 2.31. The van der Waals surface area contributed by atoms with Crippen molar-refractivity contribution in [3.05, 3.63) is 99.5 Å². The van der Waals surface area contributed by atoms with Crippen molar-refractivity contribution in [2.75, 3.05) is 0 Å². The number of nitrogens with one attached hydrogen (secondary N) is 1. The van der Waals surface area contributed by atoms with E-state index < -0.39 is 0 Å². The van der Waals surface area contributed by atoms with Gasteiger partial charge in [0.1, 0.15) is 17.6 Å². The van der Waals surface area contributed by atoms with Crippen LogP contribution in [0, 0.1) is 0 Å². The minimum Gasteiger partial charge on any atom is -0.491 e. The number of hydrogen-bond donors (Lipinski definition) is 1. The Morgan fingerprint density at radius 1 is 0.867 bits per heavy atom. The monoisotopic (exact) mass is 460 g/mol. The molecule has 1 N–H and O–H groups in total. The van der Waals surface area contributed by atoms with Crippen LogP contribution in [0.25, 0.3) is 0 Å². The number of hydrogen-bond acceptors (Lipinski definition) is 3. The minimum atomic E-state index is -0.0712. The average molecular weight is 462 g/mol. The second kappa shape index (κ2) is 9.74. The highest BCUT2D eigenvalue weighted by molar-refractivity contribution is 6.30. The van der Waals surface area contributed by atoms with Crippen molar-refractivity contribution in [3.63, 3.8) is 0 Å². The molecule has 0 aromatic heterocycles. The summed E-state index contributed by atoms with van der Waals surface area (Å²) in [6, 6.07) is 23.7. The summed E-state index contributed by atoms with van der Waals surface area (Å²) in [5.74, 6) is 1.68. The van der Waals surface area contributed by atoms with Crippen LogP contribution in [0.3, 0.4) is 0 Å². The largest absolute Gasteiger partial charge is 0.491 e. The van der Waals surface area contributed by atoms with Crippen molar-refractivity contribution >= 4 is 41.4 Å². The Hall–Kier alpha value is -2.20. The molecule has 4 rings (SSSR count). The second-order valence-corrected chi connectivity index (χ2v) is 8.21. The van der Waals surface area contributed by atoms with Gasteiger partial charge in [0.2, 0.25) is 0 Å². The van der Waals surface area contributed by atoms with Gasteiger partial charge in [-0.2, -0.15) is 0 Å². The van der Waals surface area contributed by atoms with Gasteiger partial charge < -0.3 is 10.1 Å². The van der Waals surface area contributed by atoms with Gasteiger partial charge in [-0.25, -0.2) is 0 Å². The molecule has 0 aliphatic carbocycles. The smallest absolute Gasteiger partial charge is 0.129 e. The number of amidine groups is 1. The molecule has 156 valence electrons. The van der Waals surface area contributed by atoms with E-state index in [1.165, 1.54) is 0 Å². The molecule has 0 radical (unpaired) electrons. The molecule has 30 heavy (non-hydrogen) atoms. The summed E-state index contributed by atoms with van der Waals surface area (Å²) in [5.41, 5.74) is 3.23. The van der Waals surface area contributed by atoms with Crippen molar-refractivity contribution in [2.45, 2.75) is 32.0 Å². The number of aliphatic imine (C=N–C) groups is 1. The van der Waals surface area contributed by atoms with Crippen LogP contribution < -0.4 is 10.1 Å². The standard InChI is InChI=1S/C24H22Cl2N2O.ClH/c1-15(2)29-21-5-3-4-18(14-21)24-27-22(16-6-10-19(25)11-7-16)23(28-24)17-8-12-20(26)13-9-17;/h3-15,22-23H,1-2H3,(H,27,28);1H. The molecule has 1 aliphatic rings. The molecule has 1 heterocycles. The van der Waals surface area contributed by atoms with Crippen molar-refractivity contribution in [1.82, 2.24) is 5.32 Å². The van der Waals surface area contributed by atoms with Gasteiger partial charge in [-0.3, -0.25) is 4.99 Å². The normalized spacial score (nSPS) is 17.8. The van der Waals surface area contributed by atoms with Crippen LogP contribution in [0.2, 0.25) is 10.0 Å². The molecule has 1 aliphatic heterocycles. The Labute approximate surface area is 193 Å². The molecule has 6 heteroatoms. The van der Waals surface area contributed by atoms with Gasteiger partial charge in [-0.1, -0.05) is 59.6 Å². The van der Waals surface area contributed by atoms with Crippen LogP contribution in [0.5, 0.6) is 5.75 Å². The first-order valence-corrected chi connectivity index (χ1v) is 10.4. The molecule has 0 amide bonds. The molecule has 2 atom stereocenters. The van der Waals surface area contributed by atoms with E-state index in [4.69, 9.17) is 32.9 Å². The van der Waals surface area contributed by atoms with E-state index in [1.54, 1.807) is 0 Å². The van der Waals surface area contributed by atoms with Crippen LogP contribution in [0.15, 0.2) is 77.8 Å². The molecule has 0 bridgehead atoms. The zero-order valence-corrected chi connectivity index (χ0v) is 19.0. The summed E-state index contributed by atoms with van der Waals surface area (Å²) < 4.78 is 5.85. The Morgan fingerprint density at radius 2 is 1.47 bits per heavy atom. The molecule has 3 nitrogen and oxygen atoms in total. The second-order valence-electron chi connectivity index (χ2n) is 7.34. The summed E-state index contributed by atoms with van der Waals surface area (Å²) in [6.07, 6.45) is 0.118. The first-order valence-electron chi connectivity index (χ1n) is 9.62. The highest BCUT2D eigenvalue weighted by Crippen LogP contribution is 2.38. The molecular formula is C24H23Cl3N2O. The average Bonchev–Trinajstić information content (AvgIpc) is 3.14. The van der Waals surface area contributed by atoms with Crippen LogP contribution in [-0.4, -0.2) is 11.9 Å². The van der Waals surface area contributed by atoms with Gasteiger partial charge in [0.05, 0.1) is 12.1 Å². The molecule has 0 fully saturated rings. The third-order valence-corrected chi connectivity index (χ3v) is 5.30. The number of halogens is 3.